The number of hydrogen-bond acceptors (Lipinski definition) is 4. The number of carbonyl (C=O) groups excluding carboxylic acids is 1. The van der Waals surface area contributed by atoms with Crippen molar-refractivity contribution in [2.75, 3.05) is 31.2 Å². The normalized spacial score (nSPS) is 20.3. The Morgan fingerprint density at radius 3 is 2.94 bits per heavy atom. The standard InChI is InChI=1S/C11H19NO4S/c1-2-5-17-8-10(13)12-3-4-16-9(7-12)6-11(14)15/h9H,2-8H2,1H3,(H,14,15). The summed E-state index contributed by atoms with van der Waals surface area (Å²) in [7, 11) is 0. The van der Waals surface area contributed by atoms with E-state index in [0.717, 1.165) is 12.2 Å². The quantitative estimate of drug-likeness (QED) is 0.717. The Kier molecular flexibility index (Phi) is 6.36. The van der Waals surface area contributed by atoms with E-state index in [4.69, 9.17) is 9.84 Å². The van der Waals surface area contributed by atoms with Crippen LogP contribution in [0.15, 0.2) is 0 Å². The number of thioether (sulfide) groups is 1. The molecule has 1 atom stereocenters. The Morgan fingerprint density at radius 1 is 1.53 bits per heavy atom. The maximum Gasteiger partial charge on any atom is 0.306 e. The van der Waals surface area contributed by atoms with Crippen LogP contribution >= 0.6 is 11.8 Å². The third-order valence-corrected chi connectivity index (χ3v) is 3.62. The van der Waals surface area contributed by atoms with Crippen LogP contribution < -0.4 is 0 Å². The molecule has 1 heterocycles. The molecule has 1 aliphatic rings. The molecule has 6 heteroatoms. The number of amides is 1. The minimum Gasteiger partial charge on any atom is -0.481 e. The summed E-state index contributed by atoms with van der Waals surface area (Å²) in [6, 6.07) is 0. The van der Waals surface area contributed by atoms with E-state index in [1.54, 1.807) is 16.7 Å². The molecule has 17 heavy (non-hydrogen) atoms. The molecule has 5 nitrogen and oxygen atoms in total. The highest BCUT2D eigenvalue weighted by molar-refractivity contribution is 7.99. The number of carbonyl (C=O) groups is 2. The van der Waals surface area contributed by atoms with Gasteiger partial charge in [0.1, 0.15) is 0 Å². The van der Waals surface area contributed by atoms with Crippen molar-refractivity contribution in [3.63, 3.8) is 0 Å². The number of carboxylic acid groups (broad SMARTS) is 1. The third-order valence-electron chi connectivity index (χ3n) is 2.47. The van der Waals surface area contributed by atoms with E-state index in [9.17, 15) is 9.59 Å². The first-order valence-corrected chi connectivity index (χ1v) is 6.98. The second-order valence-corrected chi connectivity index (χ2v) is 5.09. The smallest absolute Gasteiger partial charge is 0.306 e. The van der Waals surface area contributed by atoms with Crippen LogP contribution in [0.25, 0.3) is 0 Å². The van der Waals surface area contributed by atoms with Gasteiger partial charge in [0, 0.05) is 13.1 Å². The molecule has 1 saturated heterocycles. The predicted octanol–water partition coefficient (Wildman–Crippen LogP) is 0.832. The highest BCUT2D eigenvalue weighted by Crippen LogP contribution is 2.11. The van der Waals surface area contributed by atoms with Gasteiger partial charge in [-0.05, 0) is 12.2 Å². The van der Waals surface area contributed by atoms with Gasteiger partial charge in [-0.2, -0.15) is 11.8 Å². The fourth-order valence-electron chi connectivity index (χ4n) is 1.66. The number of rotatable bonds is 6. The Labute approximate surface area is 105 Å². The van der Waals surface area contributed by atoms with Crippen LogP contribution in [0.2, 0.25) is 0 Å². The monoisotopic (exact) mass is 261 g/mol. The zero-order valence-corrected chi connectivity index (χ0v) is 10.9. The number of hydrogen-bond donors (Lipinski definition) is 1. The van der Waals surface area contributed by atoms with E-state index in [2.05, 4.69) is 6.92 Å². The molecule has 1 rings (SSSR count). The van der Waals surface area contributed by atoms with Crippen LogP contribution in [0, 0.1) is 0 Å². The maximum atomic E-state index is 11.8. The molecule has 0 aromatic heterocycles. The summed E-state index contributed by atoms with van der Waals surface area (Å²) in [5.74, 6) is 0.661. The van der Waals surface area contributed by atoms with Gasteiger partial charge < -0.3 is 14.7 Å². The molecule has 1 N–H and O–H groups in total. The van der Waals surface area contributed by atoms with Crippen molar-refractivity contribution in [3.8, 4) is 0 Å². The van der Waals surface area contributed by atoms with Gasteiger partial charge >= 0.3 is 5.97 Å². The first-order chi connectivity index (χ1) is 8.13. The molecule has 98 valence electrons. The van der Waals surface area contributed by atoms with E-state index in [1.807, 2.05) is 0 Å². The zero-order chi connectivity index (χ0) is 12.7. The van der Waals surface area contributed by atoms with Crippen LogP contribution in [0.1, 0.15) is 19.8 Å². The van der Waals surface area contributed by atoms with Gasteiger partial charge in [0.15, 0.2) is 0 Å². The van der Waals surface area contributed by atoms with E-state index in [0.29, 0.717) is 25.4 Å². The number of aliphatic carboxylic acids is 1. The van der Waals surface area contributed by atoms with Crippen LogP contribution in [-0.2, 0) is 14.3 Å². The third kappa shape index (κ3) is 5.41. The number of morpholine rings is 1. The van der Waals surface area contributed by atoms with Crippen molar-refractivity contribution in [3.05, 3.63) is 0 Å². The first kappa shape index (κ1) is 14.3. The predicted molar refractivity (Wildman–Crippen MR) is 66.2 cm³/mol. The fraction of sp³-hybridized carbons (Fsp3) is 0.818. The lowest BCUT2D eigenvalue weighted by Crippen LogP contribution is -2.47. The van der Waals surface area contributed by atoms with Crippen molar-refractivity contribution >= 4 is 23.6 Å². The second-order valence-electron chi connectivity index (χ2n) is 3.98. The van der Waals surface area contributed by atoms with Crippen molar-refractivity contribution in [1.29, 1.82) is 0 Å². The highest BCUT2D eigenvalue weighted by Gasteiger charge is 2.25. The van der Waals surface area contributed by atoms with Gasteiger partial charge in [0.25, 0.3) is 0 Å². The molecular formula is C11H19NO4S. The summed E-state index contributed by atoms with van der Waals surface area (Å²) in [5, 5.41) is 8.68. The highest BCUT2D eigenvalue weighted by atomic mass is 32.2. The average molecular weight is 261 g/mol. The van der Waals surface area contributed by atoms with Crippen molar-refractivity contribution < 1.29 is 19.4 Å². The second kappa shape index (κ2) is 7.55. The average Bonchev–Trinajstić information content (AvgIpc) is 2.28. The Balaban J connectivity index is 2.32. The summed E-state index contributed by atoms with van der Waals surface area (Å²) in [4.78, 5) is 24.1. The largest absolute Gasteiger partial charge is 0.481 e. The molecule has 1 fully saturated rings. The lowest BCUT2D eigenvalue weighted by atomic mass is 10.2. The first-order valence-electron chi connectivity index (χ1n) is 5.82. The van der Waals surface area contributed by atoms with Gasteiger partial charge in [0.05, 0.1) is 24.9 Å². The van der Waals surface area contributed by atoms with Gasteiger partial charge in [0.2, 0.25) is 5.91 Å². The van der Waals surface area contributed by atoms with Crippen LogP contribution in [0.5, 0.6) is 0 Å². The number of ether oxygens (including phenoxy) is 1. The summed E-state index contributed by atoms with van der Waals surface area (Å²) < 4.78 is 5.31. The molecule has 1 amide bonds. The zero-order valence-electron chi connectivity index (χ0n) is 10.1. The van der Waals surface area contributed by atoms with Gasteiger partial charge in [-0.25, -0.2) is 0 Å². The Hall–Kier alpha value is -0.750. The van der Waals surface area contributed by atoms with E-state index in [1.165, 1.54) is 0 Å². The fourth-order valence-corrected chi connectivity index (χ4v) is 2.45. The summed E-state index contributed by atoms with van der Waals surface area (Å²) >= 11 is 1.62. The minimum absolute atomic E-state index is 0.0358. The van der Waals surface area contributed by atoms with Crippen LogP contribution in [0.3, 0.4) is 0 Å². The van der Waals surface area contributed by atoms with Crippen molar-refractivity contribution in [2.45, 2.75) is 25.9 Å². The lowest BCUT2D eigenvalue weighted by molar-refractivity contribution is -0.146. The number of carboxylic acids is 1. The lowest BCUT2D eigenvalue weighted by Gasteiger charge is -2.32. The van der Waals surface area contributed by atoms with E-state index < -0.39 is 5.97 Å². The van der Waals surface area contributed by atoms with Crippen LogP contribution in [-0.4, -0.2) is 59.2 Å². The summed E-state index contributed by atoms with van der Waals surface area (Å²) in [5.41, 5.74) is 0. The van der Waals surface area contributed by atoms with Gasteiger partial charge in [-0.15, -0.1) is 0 Å². The minimum atomic E-state index is -0.885. The topological polar surface area (TPSA) is 66.8 Å². The van der Waals surface area contributed by atoms with Gasteiger partial charge in [-0.3, -0.25) is 9.59 Å². The molecule has 0 bridgehead atoms. The summed E-state index contributed by atoms with van der Waals surface area (Å²) in [6.07, 6.45) is 0.663. The van der Waals surface area contributed by atoms with Crippen molar-refractivity contribution in [2.24, 2.45) is 0 Å². The molecular weight excluding hydrogens is 242 g/mol. The van der Waals surface area contributed by atoms with Gasteiger partial charge in [-0.1, -0.05) is 6.92 Å². The molecule has 0 saturated carbocycles. The Morgan fingerprint density at radius 2 is 2.29 bits per heavy atom. The Bertz CT molecular complexity index is 272. The molecule has 0 aromatic rings. The van der Waals surface area contributed by atoms with E-state index >= 15 is 0 Å². The van der Waals surface area contributed by atoms with Crippen molar-refractivity contribution in [1.82, 2.24) is 4.90 Å². The molecule has 0 aliphatic carbocycles. The van der Waals surface area contributed by atoms with Crippen LogP contribution in [0.4, 0.5) is 0 Å². The molecule has 0 radical (unpaired) electrons. The summed E-state index contributed by atoms with van der Waals surface area (Å²) in [6.45, 7) is 3.48. The number of nitrogens with zero attached hydrogens (tertiary/aromatic N) is 1. The molecule has 0 aromatic carbocycles. The molecule has 1 unspecified atom stereocenters. The maximum absolute atomic E-state index is 11.8. The van der Waals surface area contributed by atoms with E-state index in [-0.39, 0.29) is 18.4 Å². The molecule has 0 spiro atoms. The SMILES string of the molecule is CCCSCC(=O)N1CCOC(CC(=O)O)C1. The molecule has 1 aliphatic heterocycles.